The average molecular weight is 233 g/mol. The van der Waals surface area contributed by atoms with E-state index in [9.17, 15) is 0 Å². The van der Waals surface area contributed by atoms with Crippen molar-refractivity contribution in [1.29, 1.82) is 0 Å². The van der Waals surface area contributed by atoms with Gasteiger partial charge in [-0.15, -0.1) is 0 Å². The van der Waals surface area contributed by atoms with Gasteiger partial charge in [-0.25, -0.2) is 0 Å². The lowest BCUT2D eigenvalue weighted by molar-refractivity contribution is -0.0605. The molecule has 70 valence electrons. The Labute approximate surface area is 83.0 Å². The van der Waals surface area contributed by atoms with Crippen LogP contribution in [0.1, 0.15) is 32.6 Å². The van der Waals surface area contributed by atoms with Gasteiger partial charge in [0.2, 0.25) is 0 Å². The first kappa shape index (κ1) is 9.01. The molecule has 4 atom stereocenters. The molecule has 0 heterocycles. The highest BCUT2D eigenvalue weighted by Crippen LogP contribution is 2.51. The Morgan fingerprint density at radius 1 is 1.42 bits per heavy atom. The molecule has 2 aliphatic rings. The minimum Gasteiger partial charge on any atom is -0.378 e. The molecule has 0 aromatic heterocycles. The molecule has 2 fully saturated rings. The van der Waals surface area contributed by atoms with Crippen molar-refractivity contribution in [2.75, 3.05) is 7.11 Å². The highest BCUT2D eigenvalue weighted by Gasteiger charge is 2.47. The van der Waals surface area contributed by atoms with Crippen molar-refractivity contribution < 1.29 is 4.74 Å². The number of methoxy groups -OCH3 is 1. The normalized spacial score (nSPS) is 52.8. The smallest absolute Gasteiger partial charge is 0.0689 e. The van der Waals surface area contributed by atoms with Crippen LogP contribution in [0.2, 0.25) is 0 Å². The van der Waals surface area contributed by atoms with Crippen molar-refractivity contribution in [3.05, 3.63) is 0 Å². The molecule has 12 heavy (non-hydrogen) atoms. The van der Waals surface area contributed by atoms with Crippen molar-refractivity contribution in [3.63, 3.8) is 0 Å². The number of rotatable bonds is 1. The summed E-state index contributed by atoms with van der Waals surface area (Å²) in [6.07, 6.45) is 5.34. The predicted molar refractivity (Wildman–Crippen MR) is 53.6 cm³/mol. The quantitative estimate of drug-likeness (QED) is 0.632. The van der Waals surface area contributed by atoms with Crippen molar-refractivity contribution in [2.24, 2.45) is 11.8 Å². The van der Waals surface area contributed by atoms with E-state index in [0.29, 0.717) is 4.83 Å². The molecule has 2 bridgehead atoms. The summed E-state index contributed by atoms with van der Waals surface area (Å²) in [5.41, 5.74) is 0.154. The summed E-state index contributed by atoms with van der Waals surface area (Å²) < 4.78 is 5.65. The summed E-state index contributed by atoms with van der Waals surface area (Å²) in [7, 11) is 1.86. The Bertz CT molecular complexity index is 183. The molecule has 0 amide bonds. The van der Waals surface area contributed by atoms with Crippen LogP contribution in [-0.2, 0) is 4.74 Å². The minimum absolute atomic E-state index is 0.154. The number of hydrogen-bond donors (Lipinski definition) is 0. The van der Waals surface area contributed by atoms with E-state index in [1.54, 1.807) is 0 Å². The predicted octanol–water partition coefficient (Wildman–Crippen LogP) is 2.98. The van der Waals surface area contributed by atoms with Crippen LogP contribution in [-0.4, -0.2) is 17.5 Å². The maximum atomic E-state index is 5.65. The lowest BCUT2D eigenvalue weighted by atomic mass is 9.77. The zero-order valence-electron chi connectivity index (χ0n) is 7.85. The topological polar surface area (TPSA) is 9.23 Å². The van der Waals surface area contributed by atoms with Crippen molar-refractivity contribution in [1.82, 2.24) is 0 Å². The fourth-order valence-electron chi connectivity index (χ4n) is 2.87. The summed E-state index contributed by atoms with van der Waals surface area (Å²) in [5, 5.41) is 0. The maximum Gasteiger partial charge on any atom is 0.0689 e. The third-order valence-electron chi connectivity index (χ3n) is 3.91. The summed E-state index contributed by atoms with van der Waals surface area (Å²) in [4.78, 5) is 0.696. The monoisotopic (exact) mass is 232 g/mol. The molecule has 0 radical (unpaired) electrons. The van der Waals surface area contributed by atoms with Gasteiger partial charge in [-0.1, -0.05) is 15.9 Å². The largest absolute Gasteiger partial charge is 0.378 e. The highest BCUT2D eigenvalue weighted by molar-refractivity contribution is 9.09. The zero-order chi connectivity index (χ0) is 8.77. The third kappa shape index (κ3) is 1.24. The molecule has 0 aliphatic heterocycles. The van der Waals surface area contributed by atoms with Gasteiger partial charge >= 0.3 is 0 Å². The molecular formula is C10H17BrO. The number of hydrogen-bond acceptors (Lipinski definition) is 1. The molecule has 1 nitrogen and oxygen atoms in total. The molecule has 2 aliphatic carbocycles. The van der Waals surface area contributed by atoms with Crippen molar-refractivity contribution in [3.8, 4) is 0 Å². The van der Waals surface area contributed by atoms with Gasteiger partial charge in [-0.05, 0) is 44.4 Å². The Balaban J connectivity index is 2.17. The SMILES string of the molecule is CO[C@@]1(C)C[C@H](Br)[C@@H]2CC[C@H]1C2. The van der Waals surface area contributed by atoms with E-state index in [-0.39, 0.29) is 5.60 Å². The van der Waals surface area contributed by atoms with Gasteiger partial charge in [0.25, 0.3) is 0 Å². The Morgan fingerprint density at radius 2 is 2.17 bits per heavy atom. The van der Waals surface area contributed by atoms with E-state index in [1.165, 1.54) is 25.7 Å². The van der Waals surface area contributed by atoms with Crippen LogP contribution >= 0.6 is 15.9 Å². The molecule has 0 aromatic rings. The summed E-state index contributed by atoms with van der Waals surface area (Å²) in [5.74, 6) is 1.75. The van der Waals surface area contributed by atoms with Gasteiger partial charge < -0.3 is 4.74 Å². The van der Waals surface area contributed by atoms with Crippen molar-refractivity contribution >= 4 is 15.9 Å². The van der Waals surface area contributed by atoms with Gasteiger partial charge in [-0.3, -0.25) is 0 Å². The Kier molecular flexibility index (Phi) is 2.24. The van der Waals surface area contributed by atoms with Crippen LogP contribution in [0, 0.1) is 11.8 Å². The van der Waals surface area contributed by atoms with E-state index in [4.69, 9.17) is 4.74 Å². The van der Waals surface area contributed by atoms with Crippen LogP contribution in [0.15, 0.2) is 0 Å². The Hall–Kier alpha value is 0.440. The zero-order valence-corrected chi connectivity index (χ0v) is 9.43. The molecular weight excluding hydrogens is 216 g/mol. The van der Waals surface area contributed by atoms with Crippen LogP contribution in [0.5, 0.6) is 0 Å². The van der Waals surface area contributed by atoms with Crippen LogP contribution in [0.4, 0.5) is 0 Å². The van der Waals surface area contributed by atoms with Gasteiger partial charge in [0.05, 0.1) is 5.60 Å². The van der Waals surface area contributed by atoms with Gasteiger partial charge in [0, 0.05) is 11.9 Å². The molecule has 0 saturated heterocycles. The molecule has 2 rings (SSSR count). The van der Waals surface area contributed by atoms with E-state index < -0.39 is 0 Å². The standard InChI is InChI=1S/C10H17BrO/c1-10(12-2)6-9(11)7-3-4-8(10)5-7/h7-9H,3-6H2,1-2H3/t7-,8+,9+,10+/m1/s1. The van der Waals surface area contributed by atoms with Crippen LogP contribution < -0.4 is 0 Å². The number of alkyl halides is 1. The van der Waals surface area contributed by atoms with E-state index in [1.807, 2.05) is 7.11 Å². The van der Waals surface area contributed by atoms with Gasteiger partial charge in [0.1, 0.15) is 0 Å². The van der Waals surface area contributed by atoms with Crippen LogP contribution in [0.25, 0.3) is 0 Å². The first-order chi connectivity index (χ1) is 5.65. The molecule has 2 heteroatoms. The first-order valence-electron chi connectivity index (χ1n) is 4.85. The lowest BCUT2D eigenvalue weighted by Gasteiger charge is -2.40. The first-order valence-corrected chi connectivity index (χ1v) is 5.76. The summed E-state index contributed by atoms with van der Waals surface area (Å²) in [6, 6.07) is 0. The Morgan fingerprint density at radius 3 is 2.83 bits per heavy atom. The van der Waals surface area contributed by atoms with Crippen LogP contribution in [0.3, 0.4) is 0 Å². The van der Waals surface area contributed by atoms with Gasteiger partial charge in [0.15, 0.2) is 0 Å². The molecule has 0 N–H and O–H groups in total. The number of halogens is 1. The van der Waals surface area contributed by atoms with E-state index in [0.717, 1.165) is 11.8 Å². The fourth-order valence-corrected chi connectivity index (χ4v) is 3.99. The molecule has 0 spiro atoms. The fraction of sp³-hybridized carbons (Fsp3) is 1.00. The number of fused-ring (bicyclic) bond motifs is 2. The minimum atomic E-state index is 0.154. The second-order valence-corrected chi connectivity index (χ2v) is 5.68. The summed E-state index contributed by atoms with van der Waals surface area (Å²) in [6.45, 7) is 2.27. The average Bonchev–Trinajstić information content (AvgIpc) is 2.48. The molecule has 0 unspecified atom stereocenters. The number of ether oxygens (including phenoxy) is 1. The second kappa shape index (κ2) is 2.98. The second-order valence-electron chi connectivity index (χ2n) is 4.51. The highest BCUT2D eigenvalue weighted by atomic mass is 79.9. The molecule has 2 saturated carbocycles. The summed E-state index contributed by atoms with van der Waals surface area (Å²) >= 11 is 3.78. The van der Waals surface area contributed by atoms with Crippen molar-refractivity contribution in [2.45, 2.75) is 43.0 Å². The molecule has 0 aromatic carbocycles. The van der Waals surface area contributed by atoms with Gasteiger partial charge in [-0.2, -0.15) is 0 Å². The third-order valence-corrected chi connectivity index (χ3v) is 4.99. The lowest BCUT2D eigenvalue weighted by Crippen LogP contribution is -2.42. The van der Waals surface area contributed by atoms with E-state index in [2.05, 4.69) is 22.9 Å². The van der Waals surface area contributed by atoms with E-state index >= 15 is 0 Å². The maximum absolute atomic E-state index is 5.65.